The fourth-order valence-electron chi connectivity index (χ4n) is 5.20. The molecule has 1 aromatic heterocycles. The van der Waals surface area contributed by atoms with Gasteiger partial charge in [-0.05, 0) is 61.4 Å². The van der Waals surface area contributed by atoms with Crippen molar-refractivity contribution in [1.29, 1.82) is 0 Å². The number of anilines is 1. The number of hydrogen-bond donors (Lipinski definition) is 0. The number of rotatable bonds is 8. The van der Waals surface area contributed by atoms with Gasteiger partial charge in [-0.3, -0.25) is 14.0 Å². The maximum atomic E-state index is 13.3. The molecule has 2 heterocycles. The number of ether oxygens (including phenoxy) is 1. The van der Waals surface area contributed by atoms with Crippen molar-refractivity contribution in [2.24, 2.45) is 0 Å². The summed E-state index contributed by atoms with van der Waals surface area (Å²) < 4.78 is 22.0. The molecular formula is C31H33FN4O3. The van der Waals surface area contributed by atoms with E-state index in [1.165, 1.54) is 12.1 Å². The first-order valence-corrected chi connectivity index (χ1v) is 13.3. The second-order valence-corrected chi connectivity index (χ2v) is 9.69. The maximum Gasteiger partial charge on any atom is 0.333 e. The molecule has 4 aromatic rings. The number of carbonyl (C=O) groups excluding carboxylic acids is 1. The van der Waals surface area contributed by atoms with E-state index in [0.29, 0.717) is 6.61 Å². The zero-order valence-corrected chi connectivity index (χ0v) is 22.2. The molecule has 0 amide bonds. The van der Waals surface area contributed by atoms with Gasteiger partial charge in [-0.15, -0.1) is 0 Å². The number of halogens is 1. The van der Waals surface area contributed by atoms with Crippen LogP contribution >= 0.6 is 0 Å². The molecule has 8 heteroatoms. The molecule has 1 fully saturated rings. The molecule has 1 saturated heterocycles. The molecule has 0 spiro atoms. The van der Waals surface area contributed by atoms with E-state index in [2.05, 4.69) is 9.80 Å². The minimum Gasteiger partial charge on any atom is -0.465 e. The van der Waals surface area contributed by atoms with Crippen LogP contribution in [0.15, 0.2) is 96.1 Å². The van der Waals surface area contributed by atoms with Gasteiger partial charge in [0.15, 0.2) is 0 Å². The van der Waals surface area contributed by atoms with E-state index >= 15 is 0 Å². The van der Waals surface area contributed by atoms with Crippen LogP contribution in [0.1, 0.15) is 37.1 Å². The molecule has 0 saturated carbocycles. The van der Waals surface area contributed by atoms with Crippen LogP contribution in [0.5, 0.6) is 0 Å². The van der Waals surface area contributed by atoms with Crippen molar-refractivity contribution in [3.05, 3.63) is 119 Å². The highest BCUT2D eigenvalue weighted by Crippen LogP contribution is 2.26. The van der Waals surface area contributed by atoms with E-state index in [1.54, 1.807) is 33.7 Å². The monoisotopic (exact) mass is 528 g/mol. The molecule has 39 heavy (non-hydrogen) atoms. The number of carbonyl (C=O) groups is 1. The van der Waals surface area contributed by atoms with Gasteiger partial charge >= 0.3 is 11.7 Å². The Balaban J connectivity index is 1.27. The van der Waals surface area contributed by atoms with Crippen molar-refractivity contribution in [2.75, 3.05) is 37.7 Å². The van der Waals surface area contributed by atoms with E-state index in [0.717, 1.165) is 48.7 Å². The quantitative estimate of drug-likeness (QED) is 0.307. The van der Waals surface area contributed by atoms with Crippen molar-refractivity contribution in [1.82, 2.24) is 14.0 Å². The highest BCUT2D eigenvalue weighted by molar-refractivity contribution is 5.77. The summed E-state index contributed by atoms with van der Waals surface area (Å²) in [6, 6.07) is 23.3. The van der Waals surface area contributed by atoms with Crippen LogP contribution < -0.4 is 10.6 Å². The molecular weight excluding hydrogens is 495 g/mol. The summed E-state index contributed by atoms with van der Waals surface area (Å²) >= 11 is 0. The van der Waals surface area contributed by atoms with Gasteiger partial charge in [-0.1, -0.05) is 42.5 Å². The van der Waals surface area contributed by atoms with Crippen LogP contribution in [-0.4, -0.2) is 52.8 Å². The van der Waals surface area contributed by atoms with Crippen LogP contribution in [0, 0.1) is 5.82 Å². The van der Waals surface area contributed by atoms with Gasteiger partial charge in [-0.2, -0.15) is 0 Å². The van der Waals surface area contributed by atoms with Crippen LogP contribution in [0.4, 0.5) is 10.1 Å². The first-order chi connectivity index (χ1) is 19.0. The molecule has 0 radical (unpaired) electrons. The molecule has 1 aliphatic heterocycles. The third-order valence-corrected chi connectivity index (χ3v) is 7.37. The fourth-order valence-corrected chi connectivity index (χ4v) is 5.20. The van der Waals surface area contributed by atoms with Gasteiger partial charge in [-0.25, -0.2) is 14.0 Å². The Morgan fingerprint density at radius 1 is 0.846 bits per heavy atom. The Labute approximate surface area is 227 Å². The SMILES string of the molecule is CCOC(=O)C(c1ccccc1)N1CCN(c2ccc(-n3ccn([C@H](C)c4ccc(F)cc4)c3=O)cc2)CC1. The summed E-state index contributed by atoms with van der Waals surface area (Å²) in [5, 5.41) is 0. The predicted molar refractivity (Wildman–Crippen MR) is 150 cm³/mol. The van der Waals surface area contributed by atoms with Crippen molar-refractivity contribution in [3.63, 3.8) is 0 Å². The summed E-state index contributed by atoms with van der Waals surface area (Å²) in [6.45, 7) is 7.10. The van der Waals surface area contributed by atoms with Gasteiger partial charge in [0.05, 0.1) is 18.3 Å². The molecule has 0 bridgehead atoms. The zero-order chi connectivity index (χ0) is 27.4. The summed E-state index contributed by atoms with van der Waals surface area (Å²) in [4.78, 5) is 30.4. The van der Waals surface area contributed by atoms with E-state index in [4.69, 9.17) is 4.74 Å². The average Bonchev–Trinajstić information content (AvgIpc) is 3.35. The van der Waals surface area contributed by atoms with Gasteiger partial charge in [0.25, 0.3) is 0 Å². The number of aromatic nitrogens is 2. The molecule has 5 rings (SSSR count). The van der Waals surface area contributed by atoms with Crippen LogP contribution in [0.2, 0.25) is 0 Å². The molecule has 1 unspecified atom stereocenters. The highest BCUT2D eigenvalue weighted by Gasteiger charge is 2.31. The molecule has 202 valence electrons. The van der Waals surface area contributed by atoms with Crippen LogP contribution in [0.3, 0.4) is 0 Å². The molecule has 1 aliphatic rings. The molecule has 2 atom stereocenters. The highest BCUT2D eigenvalue weighted by atomic mass is 19.1. The largest absolute Gasteiger partial charge is 0.465 e. The third-order valence-electron chi connectivity index (χ3n) is 7.37. The average molecular weight is 529 g/mol. The van der Waals surface area contributed by atoms with Crippen LogP contribution in [0.25, 0.3) is 5.69 Å². The van der Waals surface area contributed by atoms with Gasteiger partial charge < -0.3 is 9.64 Å². The smallest absolute Gasteiger partial charge is 0.333 e. The summed E-state index contributed by atoms with van der Waals surface area (Å²) in [6.07, 6.45) is 3.52. The molecule has 7 nitrogen and oxygen atoms in total. The van der Waals surface area contributed by atoms with Gasteiger partial charge in [0, 0.05) is 44.3 Å². The van der Waals surface area contributed by atoms with Crippen LogP contribution in [-0.2, 0) is 9.53 Å². The summed E-state index contributed by atoms with van der Waals surface area (Å²) in [5.74, 6) is -0.514. The minimum absolute atomic E-state index is 0.154. The lowest BCUT2D eigenvalue weighted by Gasteiger charge is -2.39. The van der Waals surface area contributed by atoms with E-state index in [-0.39, 0.29) is 23.5 Å². The number of piperazine rings is 1. The molecule has 0 N–H and O–H groups in total. The Morgan fingerprint density at radius 3 is 2.13 bits per heavy atom. The topological polar surface area (TPSA) is 59.7 Å². The number of esters is 1. The van der Waals surface area contributed by atoms with Crippen molar-refractivity contribution in [2.45, 2.75) is 25.9 Å². The van der Waals surface area contributed by atoms with Gasteiger partial charge in [0.2, 0.25) is 0 Å². The Morgan fingerprint density at radius 2 is 1.49 bits per heavy atom. The number of imidazole rings is 1. The van der Waals surface area contributed by atoms with Crippen molar-refractivity contribution in [3.8, 4) is 5.69 Å². The summed E-state index contributed by atoms with van der Waals surface area (Å²) in [5.41, 5.74) is 3.50. The zero-order valence-electron chi connectivity index (χ0n) is 22.2. The maximum absolute atomic E-state index is 13.3. The molecule has 3 aromatic carbocycles. The van der Waals surface area contributed by atoms with Crippen molar-refractivity contribution < 1.29 is 13.9 Å². The third kappa shape index (κ3) is 5.66. The van der Waals surface area contributed by atoms with E-state index < -0.39 is 6.04 Å². The Bertz CT molecular complexity index is 1440. The molecule has 0 aliphatic carbocycles. The second-order valence-electron chi connectivity index (χ2n) is 9.69. The predicted octanol–water partition coefficient (Wildman–Crippen LogP) is 4.81. The second kappa shape index (κ2) is 11.7. The first kappa shape index (κ1) is 26.4. The number of hydrogen-bond acceptors (Lipinski definition) is 5. The standard InChI is InChI=1S/C31H33FN4O3/c1-3-39-30(37)29(25-7-5-4-6-8-25)34-19-17-33(18-20-34)27-13-15-28(16-14-27)36-22-21-35(31(36)38)23(2)24-9-11-26(32)12-10-24/h4-16,21-23,29H,3,17-20H2,1-2H3/t23-,29?/m1/s1. The number of nitrogens with zero attached hydrogens (tertiary/aromatic N) is 4. The lowest BCUT2D eigenvalue weighted by Crippen LogP contribution is -2.49. The first-order valence-electron chi connectivity index (χ1n) is 13.3. The normalized spacial score (nSPS) is 15.6. The Kier molecular flexibility index (Phi) is 7.93. The Hall–Kier alpha value is -4.17. The van der Waals surface area contributed by atoms with E-state index in [9.17, 15) is 14.0 Å². The summed E-state index contributed by atoms with van der Waals surface area (Å²) in [7, 11) is 0. The lowest BCUT2D eigenvalue weighted by molar-refractivity contribution is -0.150. The minimum atomic E-state index is -0.413. The van der Waals surface area contributed by atoms with E-state index in [1.807, 2.05) is 68.4 Å². The lowest BCUT2D eigenvalue weighted by atomic mass is 10.0. The number of benzene rings is 3. The van der Waals surface area contributed by atoms with Crippen molar-refractivity contribution >= 4 is 11.7 Å². The van der Waals surface area contributed by atoms with Gasteiger partial charge in [0.1, 0.15) is 11.9 Å². The fraction of sp³-hybridized carbons (Fsp3) is 0.290.